The van der Waals surface area contributed by atoms with Gasteiger partial charge in [0.25, 0.3) is 0 Å². The molecule has 25 heavy (non-hydrogen) atoms. The highest BCUT2D eigenvalue weighted by Crippen LogP contribution is 2.21. The van der Waals surface area contributed by atoms with Crippen molar-refractivity contribution in [2.45, 2.75) is 52.7 Å². The first-order valence-electron chi connectivity index (χ1n) is 8.64. The van der Waals surface area contributed by atoms with Crippen LogP contribution in [-0.4, -0.2) is 23.7 Å². The van der Waals surface area contributed by atoms with Crippen LogP contribution in [0.25, 0.3) is 11.2 Å². The van der Waals surface area contributed by atoms with Gasteiger partial charge in [0.05, 0.1) is 29.6 Å². The van der Waals surface area contributed by atoms with E-state index in [4.69, 9.17) is 0 Å². The van der Waals surface area contributed by atoms with Crippen molar-refractivity contribution in [2.24, 2.45) is 0 Å². The van der Waals surface area contributed by atoms with Gasteiger partial charge in [-0.2, -0.15) is 5.26 Å². The molecule has 7 heteroatoms. The van der Waals surface area contributed by atoms with Crippen LogP contribution in [0.2, 0.25) is 0 Å². The molecule has 3 aromatic heterocycles. The molecule has 130 valence electrons. The summed E-state index contributed by atoms with van der Waals surface area (Å²) in [5, 5.41) is 9.21. The smallest absolute Gasteiger partial charge is 0.330 e. The molecule has 3 rings (SSSR count). The fourth-order valence-electron chi connectivity index (χ4n) is 3.28. The third kappa shape index (κ3) is 2.84. The maximum Gasteiger partial charge on any atom is 0.330 e. The van der Waals surface area contributed by atoms with Crippen molar-refractivity contribution in [2.75, 3.05) is 0 Å². The third-order valence-electron chi connectivity index (χ3n) is 4.70. The number of aryl methyl sites for hydroxylation is 1. The standard InChI is InChI=1S/C18H22N6O/c1-4-14(5-2)24-17-16(7-13(8-19)9-21-17)23(18(24)25)11-15-10-20-12-22(15)6-3/h7,9-10,12,14H,4-6,11H2,1-3H3. The molecule has 3 aromatic rings. The first-order chi connectivity index (χ1) is 12.1. The van der Waals surface area contributed by atoms with E-state index in [0.717, 1.165) is 25.1 Å². The average Bonchev–Trinajstić information content (AvgIpc) is 3.20. The Kier molecular flexibility index (Phi) is 4.70. The maximum atomic E-state index is 13.1. The third-order valence-corrected chi connectivity index (χ3v) is 4.70. The van der Waals surface area contributed by atoms with Gasteiger partial charge in [0.1, 0.15) is 6.07 Å². The van der Waals surface area contributed by atoms with E-state index in [9.17, 15) is 10.1 Å². The molecule has 0 spiro atoms. The highest BCUT2D eigenvalue weighted by Gasteiger charge is 2.20. The van der Waals surface area contributed by atoms with Gasteiger partial charge >= 0.3 is 5.69 Å². The average molecular weight is 338 g/mol. The Hall–Kier alpha value is -2.88. The van der Waals surface area contributed by atoms with E-state index in [2.05, 4.69) is 29.9 Å². The van der Waals surface area contributed by atoms with Crippen LogP contribution < -0.4 is 5.69 Å². The van der Waals surface area contributed by atoms with Gasteiger partial charge in [-0.3, -0.25) is 9.13 Å². The van der Waals surface area contributed by atoms with Crippen LogP contribution in [0.4, 0.5) is 0 Å². The van der Waals surface area contributed by atoms with Crippen molar-refractivity contribution >= 4 is 11.2 Å². The summed E-state index contributed by atoms with van der Waals surface area (Å²) in [5.74, 6) is 0. The molecule has 0 N–H and O–H groups in total. The van der Waals surface area contributed by atoms with Crippen LogP contribution in [0.3, 0.4) is 0 Å². The number of fused-ring (bicyclic) bond motifs is 1. The molecule has 0 saturated heterocycles. The van der Waals surface area contributed by atoms with Crippen molar-refractivity contribution in [3.63, 3.8) is 0 Å². The number of nitriles is 1. The molecule has 0 bridgehead atoms. The van der Waals surface area contributed by atoms with Gasteiger partial charge in [-0.25, -0.2) is 14.8 Å². The van der Waals surface area contributed by atoms with E-state index in [1.54, 1.807) is 27.7 Å². The topological polar surface area (TPSA) is 81.4 Å². The molecule has 0 saturated carbocycles. The first kappa shape index (κ1) is 17.0. The maximum absolute atomic E-state index is 13.1. The molecular weight excluding hydrogens is 316 g/mol. The van der Waals surface area contributed by atoms with Gasteiger partial charge in [-0.15, -0.1) is 0 Å². The zero-order chi connectivity index (χ0) is 18.0. The molecule has 7 nitrogen and oxygen atoms in total. The molecule has 3 heterocycles. The molecule has 0 amide bonds. The molecule has 0 aliphatic rings. The minimum atomic E-state index is -0.0878. The molecule has 0 atom stereocenters. The zero-order valence-electron chi connectivity index (χ0n) is 14.8. The molecular formula is C18H22N6O. The first-order valence-corrected chi connectivity index (χ1v) is 8.64. The van der Waals surface area contributed by atoms with E-state index < -0.39 is 0 Å². The second-order valence-electron chi connectivity index (χ2n) is 6.06. The Morgan fingerprint density at radius 1 is 1.24 bits per heavy atom. The largest absolute Gasteiger partial charge is 0.333 e. The quantitative estimate of drug-likeness (QED) is 0.692. The number of nitrogens with zero attached hydrogens (tertiary/aromatic N) is 6. The second-order valence-corrected chi connectivity index (χ2v) is 6.06. The Morgan fingerprint density at radius 3 is 2.64 bits per heavy atom. The van der Waals surface area contributed by atoms with Crippen LogP contribution in [0, 0.1) is 11.3 Å². The predicted octanol–water partition coefficient (Wildman–Crippen LogP) is 2.70. The number of hydrogen-bond acceptors (Lipinski definition) is 4. The summed E-state index contributed by atoms with van der Waals surface area (Å²) in [4.78, 5) is 21.7. The molecule has 0 aliphatic heterocycles. The van der Waals surface area contributed by atoms with Crippen molar-refractivity contribution < 1.29 is 0 Å². The van der Waals surface area contributed by atoms with Crippen LogP contribution in [0.5, 0.6) is 0 Å². The summed E-state index contributed by atoms with van der Waals surface area (Å²) in [6, 6.07) is 3.94. The van der Waals surface area contributed by atoms with Crippen LogP contribution in [0.15, 0.2) is 29.6 Å². The lowest BCUT2D eigenvalue weighted by Gasteiger charge is -2.13. The number of imidazole rings is 2. The Labute approximate surface area is 146 Å². The minimum absolute atomic E-state index is 0.0878. The van der Waals surface area contributed by atoms with Gasteiger partial charge in [0.2, 0.25) is 0 Å². The summed E-state index contributed by atoms with van der Waals surface area (Å²) in [7, 11) is 0. The lowest BCUT2D eigenvalue weighted by atomic mass is 10.2. The number of hydrogen-bond donors (Lipinski definition) is 0. The Morgan fingerprint density at radius 2 is 2.00 bits per heavy atom. The van der Waals surface area contributed by atoms with E-state index in [0.29, 0.717) is 23.3 Å². The summed E-state index contributed by atoms with van der Waals surface area (Å²) >= 11 is 0. The van der Waals surface area contributed by atoms with E-state index >= 15 is 0 Å². The number of aromatic nitrogens is 5. The van der Waals surface area contributed by atoms with Crippen molar-refractivity contribution in [1.82, 2.24) is 23.7 Å². The van der Waals surface area contributed by atoms with Crippen LogP contribution in [-0.2, 0) is 13.1 Å². The monoisotopic (exact) mass is 338 g/mol. The highest BCUT2D eigenvalue weighted by molar-refractivity contribution is 5.73. The van der Waals surface area contributed by atoms with E-state index in [1.165, 1.54) is 6.20 Å². The molecule has 0 fully saturated rings. The second kappa shape index (κ2) is 6.93. The Bertz CT molecular complexity index is 983. The van der Waals surface area contributed by atoms with Gasteiger partial charge < -0.3 is 4.57 Å². The predicted molar refractivity (Wildman–Crippen MR) is 95.3 cm³/mol. The summed E-state index contributed by atoms with van der Waals surface area (Å²) in [6.07, 6.45) is 6.77. The minimum Gasteiger partial charge on any atom is -0.333 e. The SMILES string of the molecule is CCC(CC)n1c(=O)n(Cc2cncn2CC)c2cc(C#N)cnc21. The molecule has 0 aromatic carbocycles. The van der Waals surface area contributed by atoms with Crippen molar-refractivity contribution in [1.29, 1.82) is 5.26 Å². The molecule has 0 unspecified atom stereocenters. The van der Waals surface area contributed by atoms with Crippen molar-refractivity contribution in [3.05, 3.63) is 46.5 Å². The van der Waals surface area contributed by atoms with Gasteiger partial charge in [0, 0.05) is 25.0 Å². The fourth-order valence-corrected chi connectivity index (χ4v) is 3.28. The normalized spacial score (nSPS) is 11.3. The van der Waals surface area contributed by atoms with Crippen LogP contribution in [0.1, 0.15) is 50.9 Å². The van der Waals surface area contributed by atoms with Gasteiger partial charge in [-0.1, -0.05) is 13.8 Å². The summed E-state index contributed by atoms with van der Waals surface area (Å²) in [6.45, 7) is 7.37. The van der Waals surface area contributed by atoms with Crippen molar-refractivity contribution in [3.8, 4) is 6.07 Å². The fraction of sp³-hybridized carbons (Fsp3) is 0.444. The zero-order valence-corrected chi connectivity index (χ0v) is 14.8. The summed E-state index contributed by atoms with van der Waals surface area (Å²) in [5.41, 5.74) is 2.65. The highest BCUT2D eigenvalue weighted by atomic mass is 16.1. The number of rotatable bonds is 6. The molecule has 0 aliphatic carbocycles. The van der Waals surface area contributed by atoms with Gasteiger partial charge in [0.15, 0.2) is 5.65 Å². The summed E-state index contributed by atoms with van der Waals surface area (Å²) < 4.78 is 5.47. The van der Waals surface area contributed by atoms with E-state index in [1.807, 2.05) is 11.5 Å². The van der Waals surface area contributed by atoms with Crippen LogP contribution >= 0.6 is 0 Å². The Balaban J connectivity index is 2.24. The van der Waals surface area contributed by atoms with Gasteiger partial charge in [-0.05, 0) is 25.8 Å². The lowest BCUT2D eigenvalue weighted by molar-refractivity contribution is 0.460. The number of pyridine rings is 1. The molecule has 0 radical (unpaired) electrons. The lowest BCUT2D eigenvalue weighted by Crippen LogP contribution is -2.28. The van der Waals surface area contributed by atoms with E-state index in [-0.39, 0.29) is 11.7 Å².